The number of aromatic nitrogens is 2. The summed E-state index contributed by atoms with van der Waals surface area (Å²) in [7, 11) is 0. The van der Waals surface area contributed by atoms with Crippen molar-refractivity contribution in [2.45, 2.75) is 39.2 Å². The highest BCUT2D eigenvalue weighted by atomic mass is 79.9. The van der Waals surface area contributed by atoms with Gasteiger partial charge in [-0.05, 0) is 55.3 Å². The van der Waals surface area contributed by atoms with E-state index in [1.54, 1.807) is 30.3 Å². The predicted molar refractivity (Wildman–Crippen MR) is 125 cm³/mol. The van der Waals surface area contributed by atoms with Crippen LogP contribution in [-0.2, 0) is 4.79 Å². The first-order valence-electron chi connectivity index (χ1n) is 9.66. The average Bonchev–Trinajstić information content (AvgIpc) is 2.74. The summed E-state index contributed by atoms with van der Waals surface area (Å²) in [6, 6.07) is 10.2. The van der Waals surface area contributed by atoms with Crippen LogP contribution in [0.25, 0.3) is 10.9 Å². The fourth-order valence-electron chi connectivity index (χ4n) is 2.84. The van der Waals surface area contributed by atoms with Gasteiger partial charge in [0.2, 0.25) is 0 Å². The summed E-state index contributed by atoms with van der Waals surface area (Å²) in [4.78, 5) is 28.8. The molecule has 9 heteroatoms. The quantitative estimate of drug-likeness (QED) is 0.452. The number of nitrogens with zero attached hydrogens (tertiary/aromatic N) is 3. The first kappa shape index (κ1) is 23.0. The van der Waals surface area contributed by atoms with Crippen LogP contribution in [0.2, 0.25) is 5.02 Å². The molecule has 31 heavy (non-hydrogen) atoms. The third-order valence-corrected chi connectivity index (χ3v) is 5.60. The van der Waals surface area contributed by atoms with E-state index in [1.165, 1.54) is 17.8 Å². The summed E-state index contributed by atoms with van der Waals surface area (Å²) >= 11 is 9.62. The van der Waals surface area contributed by atoms with Crippen molar-refractivity contribution in [2.24, 2.45) is 5.10 Å². The third kappa shape index (κ3) is 5.14. The van der Waals surface area contributed by atoms with Crippen molar-refractivity contribution in [1.82, 2.24) is 9.66 Å². The van der Waals surface area contributed by atoms with E-state index in [0.29, 0.717) is 22.3 Å². The summed E-state index contributed by atoms with van der Waals surface area (Å²) in [5.41, 5.74) is 0.975. The molecule has 0 aliphatic carbocycles. The summed E-state index contributed by atoms with van der Waals surface area (Å²) in [5, 5.41) is 14.1. The lowest BCUT2D eigenvalue weighted by molar-refractivity contribution is -0.144. The zero-order chi connectivity index (χ0) is 22.7. The molecule has 1 heterocycles. The Labute approximate surface area is 192 Å². The van der Waals surface area contributed by atoms with Crippen LogP contribution in [-0.4, -0.2) is 33.1 Å². The van der Waals surface area contributed by atoms with Crippen LogP contribution < -0.4 is 10.3 Å². The minimum atomic E-state index is -1.09. The molecular formula is C22H21BrClN3O4. The number of halogens is 2. The minimum absolute atomic E-state index is 0.0229. The van der Waals surface area contributed by atoms with Crippen LogP contribution >= 0.6 is 27.5 Å². The second-order valence-electron chi connectivity index (χ2n) is 7.09. The summed E-state index contributed by atoms with van der Waals surface area (Å²) in [5.74, 6) is -0.243. The minimum Gasteiger partial charge on any atom is -0.479 e. The number of ether oxygens (including phenoxy) is 1. The zero-order valence-corrected chi connectivity index (χ0v) is 19.5. The van der Waals surface area contributed by atoms with Gasteiger partial charge in [-0.2, -0.15) is 9.78 Å². The molecule has 0 spiro atoms. The topological polar surface area (TPSA) is 93.8 Å². The Hall–Kier alpha value is -2.71. The van der Waals surface area contributed by atoms with Crippen molar-refractivity contribution in [3.05, 3.63) is 67.6 Å². The van der Waals surface area contributed by atoms with Gasteiger partial charge in [-0.1, -0.05) is 41.4 Å². The van der Waals surface area contributed by atoms with Crippen molar-refractivity contribution in [3.63, 3.8) is 0 Å². The summed E-state index contributed by atoms with van der Waals surface area (Å²) in [6.07, 6.45) is 1.27. The largest absolute Gasteiger partial charge is 0.479 e. The lowest BCUT2D eigenvalue weighted by Crippen LogP contribution is -2.23. The van der Waals surface area contributed by atoms with Crippen LogP contribution in [0.1, 0.15) is 44.5 Å². The number of hydrogen-bond donors (Lipinski definition) is 1. The van der Waals surface area contributed by atoms with Gasteiger partial charge in [0.15, 0.2) is 6.10 Å². The van der Waals surface area contributed by atoms with Crippen molar-refractivity contribution in [3.8, 4) is 5.75 Å². The molecule has 0 bridgehead atoms. The van der Waals surface area contributed by atoms with E-state index in [2.05, 4.69) is 26.0 Å². The number of fused-ring (bicyclic) bond motifs is 1. The SMILES string of the molecule is CC[C@H](C)c1nc2ccc(Br)cc2c(=O)n1N=Cc1ccc(O[C@H](C)C(=O)O)c(Cl)c1. The molecule has 1 aromatic heterocycles. The third-order valence-electron chi connectivity index (χ3n) is 4.82. The molecule has 162 valence electrons. The van der Waals surface area contributed by atoms with Gasteiger partial charge in [0.05, 0.1) is 22.1 Å². The maximum atomic E-state index is 13.1. The molecule has 0 saturated carbocycles. The van der Waals surface area contributed by atoms with Gasteiger partial charge >= 0.3 is 5.97 Å². The van der Waals surface area contributed by atoms with Crippen molar-refractivity contribution >= 4 is 50.6 Å². The Morgan fingerprint density at radius 3 is 2.71 bits per heavy atom. The normalized spacial score (nSPS) is 13.5. The highest BCUT2D eigenvalue weighted by Gasteiger charge is 2.16. The van der Waals surface area contributed by atoms with Gasteiger partial charge in [-0.3, -0.25) is 4.79 Å². The molecule has 0 fully saturated rings. The van der Waals surface area contributed by atoms with Gasteiger partial charge in [-0.15, -0.1) is 0 Å². The fraction of sp³-hybridized carbons (Fsp3) is 0.273. The number of hydrogen-bond acceptors (Lipinski definition) is 5. The Bertz CT molecular complexity index is 1230. The molecule has 0 amide bonds. The van der Waals surface area contributed by atoms with E-state index in [0.717, 1.165) is 10.9 Å². The molecule has 2 atom stereocenters. The molecule has 0 saturated heterocycles. The second kappa shape index (κ2) is 9.62. The fourth-order valence-corrected chi connectivity index (χ4v) is 3.43. The maximum absolute atomic E-state index is 13.1. The van der Waals surface area contributed by atoms with Crippen molar-refractivity contribution in [1.29, 1.82) is 0 Å². The van der Waals surface area contributed by atoms with Crippen LogP contribution in [0, 0.1) is 0 Å². The van der Waals surface area contributed by atoms with Gasteiger partial charge < -0.3 is 9.84 Å². The van der Waals surface area contributed by atoms with E-state index in [9.17, 15) is 9.59 Å². The number of benzene rings is 2. The van der Waals surface area contributed by atoms with Crippen LogP contribution in [0.4, 0.5) is 0 Å². The second-order valence-corrected chi connectivity index (χ2v) is 8.41. The maximum Gasteiger partial charge on any atom is 0.344 e. The summed E-state index contributed by atoms with van der Waals surface area (Å²) in [6.45, 7) is 5.43. The molecule has 0 aliphatic heterocycles. The summed E-state index contributed by atoms with van der Waals surface area (Å²) < 4.78 is 7.42. The number of carboxylic acid groups (broad SMARTS) is 1. The van der Waals surface area contributed by atoms with Gasteiger partial charge in [-0.25, -0.2) is 9.78 Å². The standard InChI is InChI=1S/C22H21BrClN3O4/c1-4-12(2)20-26-18-7-6-15(23)10-16(18)21(28)27(20)25-11-14-5-8-19(17(24)9-14)31-13(3)22(29)30/h5-13H,4H2,1-3H3,(H,29,30)/t12-,13+/m0/s1. The lowest BCUT2D eigenvalue weighted by atomic mass is 10.1. The molecule has 3 rings (SSSR count). The highest BCUT2D eigenvalue weighted by molar-refractivity contribution is 9.10. The molecule has 0 aliphatic rings. The van der Waals surface area contributed by atoms with E-state index in [4.69, 9.17) is 21.4 Å². The predicted octanol–water partition coefficient (Wildman–Crippen LogP) is 5.06. The molecule has 0 unspecified atom stereocenters. The highest BCUT2D eigenvalue weighted by Crippen LogP contribution is 2.26. The van der Waals surface area contributed by atoms with Crippen LogP contribution in [0.15, 0.2) is 50.8 Å². The Morgan fingerprint density at radius 1 is 1.32 bits per heavy atom. The van der Waals surface area contributed by atoms with Gasteiger partial charge in [0.1, 0.15) is 11.6 Å². The smallest absolute Gasteiger partial charge is 0.344 e. The molecule has 1 N–H and O–H groups in total. The van der Waals surface area contributed by atoms with Crippen LogP contribution in [0.5, 0.6) is 5.75 Å². The first-order chi connectivity index (χ1) is 14.7. The molecule has 0 radical (unpaired) electrons. The van der Waals surface area contributed by atoms with E-state index in [-0.39, 0.29) is 22.2 Å². The number of carbonyl (C=O) groups is 1. The molecule has 3 aromatic rings. The Balaban J connectivity index is 2.02. The lowest BCUT2D eigenvalue weighted by Gasteiger charge is -2.14. The van der Waals surface area contributed by atoms with E-state index < -0.39 is 12.1 Å². The molecule has 7 nitrogen and oxygen atoms in total. The zero-order valence-electron chi connectivity index (χ0n) is 17.2. The number of rotatable bonds is 7. The number of carboxylic acids is 1. The van der Waals surface area contributed by atoms with E-state index in [1.807, 2.05) is 19.9 Å². The van der Waals surface area contributed by atoms with Crippen molar-refractivity contribution < 1.29 is 14.6 Å². The van der Waals surface area contributed by atoms with Crippen LogP contribution in [0.3, 0.4) is 0 Å². The van der Waals surface area contributed by atoms with E-state index >= 15 is 0 Å². The molecular weight excluding hydrogens is 486 g/mol. The monoisotopic (exact) mass is 505 g/mol. The first-order valence-corrected chi connectivity index (χ1v) is 10.8. The Kier molecular flexibility index (Phi) is 7.12. The Morgan fingerprint density at radius 2 is 2.06 bits per heavy atom. The average molecular weight is 507 g/mol. The van der Waals surface area contributed by atoms with Crippen molar-refractivity contribution in [2.75, 3.05) is 0 Å². The number of aliphatic carboxylic acids is 1. The van der Waals surface area contributed by atoms with Gasteiger partial charge in [0, 0.05) is 10.4 Å². The van der Waals surface area contributed by atoms with Gasteiger partial charge in [0.25, 0.3) is 5.56 Å². The molecule has 2 aromatic carbocycles.